The molecule has 2 N–H and O–H groups in total. The predicted octanol–water partition coefficient (Wildman–Crippen LogP) is 3.70. The van der Waals surface area contributed by atoms with Gasteiger partial charge in [0, 0.05) is 41.0 Å². The first-order chi connectivity index (χ1) is 12.2. The molecule has 0 atom stereocenters. The van der Waals surface area contributed by atoms with Gasteiger partial charge in [-0.1, -0.05) is 36.4 Å². The van der Waals surface area contributed by atoms with Crippen molar-refractivity contribution in [1.29, 1.82) is 0 Å². The molecular weight excluding hydrogens is 310 g/mol. The zero-order valence-corrected chi connectivity index (χ0v) is 13.4. The lowest BCUT2D eigenvalue weighted by atomic mass is 9.99. The summed E-state index contributed by atoms with van der Waals surface area (Å²) in [6.07, 6.45) is 4.56. The number of hydrogen-bond acceptors (Lipinski definition) is 2. The average molecular weight is 325 g/mol. The number of carbonyl (C=O) groups excluding carboxylic acids is 1. The van der Waals surface area contributed by atoms with Crippen LogP contribution in [0.4, 0.5) is 0 Å². The molecule has 25 heavy (non-hydrogen) atoms. The van der Waals surface area contributed by atoms with Crippen molar-refractivity contribution in [3.05, 3.63) is 83.8 Å². The summed E-state index contributed by atoms with van der Waals surface area (Å²) in [7, 11) is 0. The van der Waals surface area contributed by atoms with Crippen molar-refractivity contribution in [3.63, 3.8) is 0 Å². The van der Waals surface area contributed by atoms with Gasteiger partial charge in [-0.15, -0.1) is 0 Å². The van der Waals surface area contributed by atoms with Crippen LogP contribution >= 0.6 is 0 Å². The molecule has 1 amide bonds. The zero-order valence-electron chi connectivity index (χ0n) is 13.4. The van der Waals surface area contributed by atoms with E-state index in [1.54, 1.807) is 6.07 Å². The maximum atomic E-state index is 11.7. The van der Waals surface area contributed by atoms with Crippen LogP contribution in [-0.2, 0) is 6.42 Å². The Labute approximate surface area is 144 Å². The Balaban J connectivity index is 1.74. The molecule has 1 aliphatic rings. The molecule has 3 heterocycles. The van der Waals surface area contributed by atoms with Gasteiger partial charge in [-0.3, -0.25) is 9.78 Å². The van der Waals surface area contributed by atoms with Crippen LogP contribution in [0.25, 0.3) is 27.7 Å². The van der Waals surface area contributed by atoms with Crippen molar-refractivity contribution >= 4 is 16.8 Å². The van der Waals surface area contributed by atoms with Gasteiger partial charge in [0.2, 0.25) is 0 Å². The molecule has 0 radical (unpaired) electrons. The molecule has 0 unspecified atom stereocenters. The summed E-state index contributed by atoms with van der Waals surface area (Å²) in [6.45, 7) is 0. The highest BCUT2D eigenvalue weighted by molar-refractivity contribution is 5.95. The number of hydrogen-bond donors (Lipinski definition) is 1. The summed E-state index contributed by atoms with van der Waals surface area (Å²) < 4.78 is 2.08. The van der Waals surface area contributed by atoms with Gasteiger partial charge >= 0.3 is 0 Å². The van der Waals surface area contributed by atoms with Crippen molar-refractivity contribution < 1.29 is 4.79 Å². The molecule has 1 aliphatic heterocycles. The van der Waals surface area contributed by atoms with Crippen molar-refractivity contribution in [2.45, 2.75) is 6.42 Å². The van der Waals surface area contributed by atoms with Crippen molar-refractivity contribution in [3.8, 4) is 16.8 Å². The highest BCUT2D eigenvalue weighted by atomic mass is 16.1. The van der Waals surface area contributed by atoms with Gasteiger partial charge in [0.25, 0.3) is 5.91 Å². The van der Waals surface area contributed by atoms with Gasteiger partial charge in [0.05, 0.1) is 16.8 Å². The third-order valence-corrected chi connectivity index (χ3v) is 4.88. The third-order valence-electron chi connectivity index (χ3n) is 4.88. The van der Waals surface area contributed by atoms with E-state index >= 15 is 0 Å². The lowest BCUT2D eigenvalue weighted by Gasteiger charge is -2.11. The number of aromatic nitrogens is 2. The predicted molar refractivity (Wildman–Crippen MR) is 97.8 cm³/mol. The Morgan fingerprint density at radius 1 is 1.08 bits per heavy atom. The normalized spacial score (nSPS) is 12.2. The number of para-hydroxylation sites is 2. The fourth-order valence-electron chi connectivity index (χ4n) is 3.73. The fourth-order valence-corrected chi connectivity index (χ4v) is 3.73. The van der Waals surface area contributed by atoms with Crippen molar-refractivity contribution in [2.75, 3.05) is 0 Å². The number of pyridine rings is 1. The SMILES string of the molecule is NC(=O)c1ccn2c1Cc1cccc(-c3cnc4ccccc4c3)c1-2. The van der Waals surface area contributed by atoms with Gasteiger partial charge in [0.1, 0.15) is 0 Å². The average Bonchev–Trinajstić information content (AvgIpc) is 3.19. The number of nitrogens with two attached hydrogens (primary N) is 1. The topological polar surface area (TPSA) is 60.9 Å². The van der Waals surface area contributed by atoms with Crippen LogP contribution in [0.1, 0.15) is 21.6 Å². The van der Waals surface area contributed by atoms with Gasteiger partial charge in [-0.25, -0.2) is 0 Å². The minimum absolute atomic E-state index is 0.379. The molecule has 4 nitrogen and oxygen atoms in total. The van der Waals surface area contributed by atoms with E-state index in [0.29, 0.717) is 5.56 Å². The van der Waals surface area contributed by atoms with Crippen molar-refractivity contribution in [2.24, 2.45) is 5.73 Å². The van der Waals surface area contributed by atoms with Gasteiger partial charge in [0.15, 0.2) is 0 Å². The quantitative estimate of drug-likeness (QED) is 0.538. The first kappa shape index (κ1) is 14.0. The second-order valence-corrected chi connectivity index (χ2v) is 6.32. The molecule has 0 bridgehead atoms. The summed E-state index contributed by atoms with van der Waals surface area (Å²) in [5, 5.41) is 1.11. The van der Waals surface area contributed by atoms with E-state index in [1.807, 2.05) is 30.6 Å². The van der Waals surface area contributed by atoms with E-state index in [4.69, 9.17) is 5.73 Å². The number of benzene rings is 2. The zero-order chi connectivity index (χ0) is 17.0. The first-order valence-electron chi connectivity index (χ1n) is 8.20. The van der Waals surface area contributed by atoms with Gasteiger partial charge < -0.3 is 10.3 Å². The molecule has 0 saturated heterocycles. The molecule has 120 valence electrons. The third kappa shape index (κ3) is 2.01. The fraction of sp³-hybridized carbons (Fsp3) is 0.0476. The van der Waals surface area contributed by atoms with Crippen LogP contribution in [0.5, 0.6) is 0 Å². The van der Waals surface area contributed by atoms with Gasteiger partial charge in [-0.2, -0.15) is 0 Å². The van der Waals surface area contributed by atoms with Crippen LogP contribution < -0.4 is 5.73 Å². The van der Waals surface area contributed by atoms with E-state index in [2.05, 4.69) is 39.9 Å². The molecule has 4 heteroatoms. The molecule has 2 aromatic heterocycles. The van der Waals surface area contributed by atoms with Crippen LogP contribution in [0, 0.1) is 0 Å². The monoisotopic (exact) mass is 325 g/mol. The second kappa shape index (κ2) is 5.05. The van der Waals surface area contributed by atoms with Crippen molar-refractivity contribution in [1.82, 2.24) is 9.55 Å². The second-order valence-electron chi connectivity index (χ2n) is 6.32. The minimum Gasteiger partial charge on any atom is -0.366 e. The summed E-state index contributed by atoms with van der Waals surface area (Å²) >= 11 is 0. The van der Waals surface area contributed by atoms with E-state index in [9.17, 15) is 4.79 Å². The Bertz CT molecular complexity index is 1160. The van der Waals surface area contributed by atoms with Crippen LogP contribution in [0.15, 0.2) is 67.0 Å². The highest BCUT2D eigenvalue weighted by Crippen LogP contribution is 2.38. The highest BCUT2D eigenvalue weighted by Gasteiger charge is 2.25. The smallest absolute Gasteiger partial charge is 0.250 e. The maximum absolute atomic E-state index is 11.7. The molecule has 0 spiro atoms. The summed E-state index contributed by atoms with van der Waals surface area (Å²) in [5.41, 5.74) is 12.5. The lowest BCUT2D eigenvalue weighted by molar-refractivity contribution is 0.0999. The Kier molecular flexibility index (Phi) is 2.82. The van der Waals surface area contributed by atoms with Crippen LogP contribution in [0.3, 0.4) is 0 Å². The molecule has 0 fully saturated rings. The van der Waals surface area contributed by atoms with E-state index in [1.165, 1.54) is 5.56 Å². The largest absolute Gasteiger partial charge is 0.366 e. The first-order valence-corrected chi connectivity index (χ1v) is 8.20. The Morgan fingerprint density at radius 3 is 2.84 bits per heavy atom. The number of amides is 1. The summed E-state index contributed by atoms with van der Waals surface area (Å²) in [5.74, 6) is -0.379. The molecular formula is C21H15N3O. The van der Waals surface area contributed by atoms with Crippen LogP contribution in [-0.4, -0.2) is 15.5 Å². The Hall–Kier alpha value is -3.40. The minimum atomic E-state index is -0.379. The maximum Gasteiger partial charge on any atom is 0.250 e. The van der Waals surface area contributed by atoms with E-state index < -0.39 is 0 Å². The molecule has 0 saturated carbocycles. The molecule has 5 rings (SSSR count). The number of primary amides is 1. The Morgan fingerprint density at radius 2 is 1.96 bits per heavy atom. The number of carbonyl (C=O) groups is 1. The summed E-state index contributed by atoms with van der Waals surface area (Å²) in [4.78, 5) is 16.3. The number of rotatable bonds is 2. The van der Waals surface area contributed by atoms with Crippen LogP contribution in [0.2, 0.25) is 0 Å². The van der Waals surface area contributed by atoms with E-state index in [-0.39, 0.29) is 5.91 Å². The molecule has 4 aromatic rings. The lowest BCUT2D eigenvalue weighted by Crippen LogP contribution is -2.12. The summed E-state index contributed by atoms with van der Waals surface area (Å²) in [6, 6.07) is 18.3. The van der Waals surface area contributed by atoms with Gasteiger partial charge in [-0.05, 0) is 23.8 Å². The molecule has 0 aliphatic carbocycles. The standard InChI is InChI=1S/C21H15N3O/c22-21(25)17-8-9-24-19(17)11-14-5-3-6-16(20(14)24)15-10-13-4-1-2-7-18(13)23-12-15/h1-10,12H,11H2,(H2,22,25). The molecule has 2 aromatic carbocycles. The number of fused-ring (bicyclic) bond motifs is 4. The number of nitrogens with zero attached hydrogens (tertiary/aromatic N) is 2. The van der Waals surface area contributed by atoms with E-state index in [0.717, 1.165) is 39.8 Å².